The topological polar surface area (TPSA) is 115 Å². The number of hydrogen-bond acceptors (Lipinski definition) is 6. The van der Waals surface area contributed by atoms with Crippen LogP contribution in [-0.4, -0.2) is 43.6 Å². The van der Waals surface area contributed by atoms with Crippen LogP contribution < -0.4 is 10.1 Å². The van der Waals surface area contributed by atoms with E-state index in [0.717, 1.165) is 17.5 Å². The number of carboxylic acid groups (broad SMARTS) is 1. The first-order valence-corrected chi connectivity index (χ1v) is 13.5. The summed E-state index contributed by atoms with van der Waals surface area (Å²) in [7, 11) is 0. The van der Waals surface area contributed by atoms with Crippen LogP contribution in [0.5, 0.6) is 5.75 Å². The number of benzene rings is 1. The largest absolute Gasteiger partial charge is 0.490 e. The third kappa shape index (κ3) is 5.65. The number of hydrogen-bond donors (Lipinski definition) is 2. The molecule has 1 aromatic carbocycles. The number of fused-ring (bicyclic) bond motifs is 2. The molecule has 0 saturated carbocycles. The Kier molecular flexibility index (Phi) is 7.52. The van der Waals surface area contributed by atoms with Crippen molar-refractivity contribution in [2.75, 3.05) is 6.61 Å². The minimum atomic E-state index is -1.40. The van der Waals surface area contributed by atoms with Gasteiger partial charge in [0.2, 0.25) is 0 Å². The zero-order valence-electron chi connectivity index (χ0n) is 23.7. The number of ether oxygens (including phenoxy) is 2. The van der Waals surface area contributed by atoms with E-state index in [9.17, 15) is 14.7 Å². The number of aromatic nitrogens is 3. The van der Waals surface area contributed by atoms with Gasteiger partial charge in [-0.2, -0.15) is 0 Å². The monoisotopic (exact) mass is 560 g/mol. The van der Waals surface area contributed by atoms with E-state index in [0.29, 0.717) is 46.9 Å². The number of amides is 1. The van der Waals surface area contributed by atoms with Crippen LogP contribution in [0.4, 0.5) is 4.39 Å². The molecule has 1 atom stereocenters. The number of carboxylic acids is 1. The van der Waals surface area contributed by atoms with Crippen molar-refractivity contribution in [2.24, 2.45) is 0 Å². The molecule has 2 N–H and O–H groups in total. The lowest BCUT2D eigenvalue weighted by molar-refractivity contribution is -0.160. The van der Waals surface area contributed by atoms with Gasteiger partial charge in [-0.15, -0.1) is 0 Å². The van der Waals surface area contributed by atoms with E-state index in [4.69, 9.17) is 9.47 Å². The SMILES string of the molecule is Cc1nc2cc(C(=O)NCc3ccccn3)cn2c(-c2cc(F)c3c(c2C)CCCO3)c1C(OC(C)(C)C)C(=O)O. The zero-order valence-corrected chi connectivity index (χ0v) is 23.7. The summed E-state index contributed by atoms with van der Waals surface area (Å²) in [5, 5.41) is 13.2. The molecular weight excluding hydrogens is 527 g/mol. The predicted octanol–water partition coefficient (Wildman–Crippen LogP) is 5.35. The molecule has 1 unspecified atom stereocenters. The maximum absolute atomic E-state index is 15.5. The van der Waals surface area contributed by atoms with Crippen molar-refractivity contribution in [1.82, 2.24) is 19.7 Å². The van der Waals surface area contributed by atoms with Gasteiger partial charge in [0.25, 0.3) is 5.91 Å². The van der Waals surface area contributed by atoms with Gasteiger partial charge in [0.05, 0.1) is 35.7 Å². The first-order chi connectivity index (χ1) is 19.4. The Morgan fingerprint density at radius 3 is 2.71 bits per heavy atom. The van der Waals surface area contributed by atoms with Crippen LogP contribution in [0, 0.1) is 19.7 Å². The highest BCUT2D eigenvalue weighted by molar-refractivity contribution is 5.96. The molecule has 214 valence electrons. The van der Waals surface area contributed by atoms with Crippen LogP contribution in [0.15, 0.2) is 42.7 Å². The number of halogens is 1. The van der Waals surface area contributed by atoms with Gasteiger partial charge in [-0.1, -0.05) is 6.07 Å². The first kappa shape index (κ1) is 28.2. The summed E-state index contributed by atoms with van der Waals surface area (Å²) in [6.45, 7) is 9.54. The van der Waals surface area contributed by atoms with Crippen molar-refractivity contribution in [3.8, 4) is 17.0 Å². The molecule has 0 aliphatic carbocycles. The lowest BCUT2D eigenvalue weighted by Gasteiger charge is -2.29. The number of carbonyl (C=O) groups is 2. The average Bonchev–Trinajstić information content (AvgIpc) is 3.35. The summed E-state index contributed by atoms with van der Waals surface area (Å²) in [5.41, 5.74) is 3.70. The molecule has 5 rings (SSSR count). The Bertz CT molecular complexity index is 1640. The fourth-order valence-corrected chi connectivity index (χ4v) is 5.23. The van der Waals surface area contributed by atoms with E-state index >= 15 is 4.39 Å². The fourth-order valence-electron chi connectivity index (χ4n) is 5.23. The highest BCUT2D eigenvalue weighted by Crippen LogP contribution is 2.42. The minimum absolute atomic E-state index is 0.226. The smallest absolute Gasteiger partial charge is 0.337 e. The second-order valence-corrected chi connectivity index (χ2v) is 11.2. The van der Waals surface area contributed by atoms with Gasteiger partial charge in [0, 0.05) is 34.8 Å². The van der Waals surface area contributed by atoms with Crippen LogP contribution in [0.2, 0.25) is 0 Å². The van der Waals surface area contributed by atoms with E-state index in [2.05, 4.69) is 15.3 Å². The van der Waals surface area contributed by atoms with Crippen LogP contribution in [-0.2, 0) is 22.5 Å². The lowest BCUT2D eigenvalue weighted by atomic mass is 9.90. The van der Waals surface area contributed by atoms with Crippen LogP contribution >= 0.6 is 0 Å². The number of carbonyl (C=O) groups excluding carboxylic acids is 1. The van der Waals surface area contributed by atoms with Gasteiger partial charge >= 0.3 is 5.97 Å². The number of aliphatic carboxylic acids is 1. The Hall–Kier alpha value is -4.31. The van der Waals surface area contributed by atoms with Gasteiger partial charge in [-0.05, 0) is 77.3 Å². The van der Waals surface area contributed by atoms with E-state index in [1.165, 1.54) is 6.07 Å². The van der Waals surface area contributed by atoms with Crippen LogP contribution in [0.25, 0.3) is 16.9 Å². The predicted molar refractivity (Wildman–Crippen MR) is 150 cm³/mol. The average molecular weight is 561 g/mol. The van der Waals surface area contributed by atoms with Crippen LogP contribution in [0.1, 0.15) is 71.7 Å². The van der Waals surface area contributed by atoms with Crippen LogP contribution in [0.3, 0.4) is 0 Å². The van der Waals surface area contributed by atoms with E-state index < -0.39 is 23.5 Å². The van der Waals surface area contributed by atoms with Crippen molar-refractivity contribution >= 4 is 17.5 Å². The fraction of sp³-hybridized carbons (Fsp3) is 0.355. The standard InChI is InChI=1S/C31H33FN4O5/c1-17-21-10-8-12-40-27(21)23(32)14-22(17)26-25(28(30(38)39)41-31(3,4)5)18(2)35-24-13-19(16-36(24)26)29(37)34-15-20-9-6-7-11-33-20/h6-7,9,11,13-14,16,28H,8,10,12,15H2,1-5H3,(H,34,37)(H,38,39). The molecule has 0 radical (unpaired) electrons. The van der Waals surface area contributed by atoms with E-state index in [1.54, 1.807) is 56.6 Å². The highest BCUT2D eigenvalue weighted by atomic mass is 19.1. The lowest BCUT2D eigenvalue weighted by Crippen LogP contribution is -2.29. The number of aryl methyl sites for hydroxylation is 1. The number of pyridine rings is 1. The number of rotatable bonds is 7. The first-order valence-electron chi connectivity index (χ1n) is 13.5. The molecular formula is C31H33FN4O5. The molecule has 10 heteroatoms. The van der Waals surface area contributed by atoms with Gasteiger partial charge in [0.15, 0.2) is 17.7 Å². The zero-order chi connectivity index (χ0) is 29.5. The molecule has 9 nitrogen and oxygen atoms in total. The summed E-state index contributed by atoms with van der Waals surface area (Å²) >= 11 is 0. The summed E-state index contributed by atoms with van der Waals surface area (Å²) in [5.74, 6) is -1.86. The summed E-state index contributed by atoms with van der Waals surface area (Å²) in [4.78, 5) is 34.7. The van der Waals surface area contributed by atoms with Gasteiger partial charge in [-0.25, -0.2) is 14.2 Å². The van der Waals surface area contributed by atoms with E-state index in [1.807, 2.05) is 19.1 Å². The van der Waals surface area contributed by atoms with E-state index in [-0.39, 0.29) is 23.8 Å². The van der Waals surface area contributed by atoms with Gasteiger partial charge < -0.3 is 19.9 Å². The molecule has 0 saturated heterocycles. The maximum atomic E-state index is 15.5. The second-order valence-electron chi connectivity index (χ2n) is 11.2. The normalized spacial score (nSPS) is 13.9. The molecule has 1 amide bonds. The molecule has 4 aromatic rings. The molecule has 1 aliphatic rings. The van der Waals surface area contributed by atoms with Crippen molar-refractivity contribution < 1.29 is 28.6 Å². The Morgan fingerprint density at radius 1 is 1.24 bits per heavy atom. The van der Waals surface area contributed by atoms with Gasteiger partial charge in [0.1, 0.15) is 5.65 Å². The Labute approximate surface area is 237 Å². The summed E-state index contributed by atoms with van der Waals surface area (Å²) in [6, 6.07) is 8.44. The van der Waals surface area contributed by atoms with Crippen molar-refractivity contribution in [2.45, 2.75) is 65.7 Å². The molecule has 3 aromatic heterocycles. The number of nitrogens with one attached hydrogen (secondary N) is 1. The molecule has 0 bridgehead atoms. The summed E-state index contributed by atoms with van der Waals surface area (Å²) < 4.78 is 28.8. The third-order valence-electron chi connectivity index (χ3n) is 7.04. The quantitative estimate of drug-likeness (QED) is 0.313. The van der Waals surface area contributed by atoms with Gasteiger partial charge in [-0.3, -0.25) is 14.2 Å². The van der Waals surface area contributed by atoms with Crippen molar-refractivity contribution in [3.05, 3.63) is 82.2 Å². The van der Waals surface area contributed by atoms with Crippen molar-refractivity contribution in [1.29, 1.82) is 0 Å². The molecule has 41 heavy (non-hydrogen) atoms. The third-order valence-corrected chi connectivity index (χ3v) is 7.04. The highest BCUT2D eigenvalue weighted by Gasteiger charge is 2.34. The Morgan fingerprint density at radius 2 is 2.02 bits per heavy atom. The second kappa shape index (κ2) is 10.9. The molecule has 0 fully saturated rings. The molecule has 1 aliphatic heterocycles. The minimum Gasteiger partial charge on any atom is -0.490 e. The summed E-state index contributed by atoms with van der Waals surface area (Å²) in [6.07, 6.45) is 3.21. The maximum Gasteiger partial charge on any atom is 0.337 e. The van der Waals surface area contributed by atoms with Crippen molar-refractivity contribution in [3.63, 3.8) is 0 Å². The number of nitrogens with zero attached hydrogens (tertiary/aromatic N) is 3. The molecule has 4 heterocycles. The molecule has 0 spiro atoms. The Balaban J connectivity index is 1.72.